The van der Waals surface area contributed by atoms with E-state index in [9.17, 15) is 9.18 Å². The van der Waals surface area contributed by atoms with Crippen molar-refractivity contribution in [2.45, 2.75) is 19.3 Å². The summed E-state index contributed by atoms with van der Waals surface area (Å²) in [7, 11) is 2.83. The van der Waals surface area contributed by atoms with Crippen LogP contribution in [0.15, 0.2) is 12.1 Å². The standard InChI is InChI=1S/C12H15FO3/c1-12(2,7-14)10-9(15-3)6-5-8(13)11(10)16-4/h5-7H,1-4H3. The zero-order valence-corrected chi connectivity index (χ0v) is 9.83. The molecule has 0 radical (unpaired) electrons. The number of rotatable bonds is 4. The summed E-state index contributed by atoms with van der Waals surface area (Å²) in [6.07, 6.45) is 0.743. The fourth-order valence-electron chi connectivity index (χ4n) is 1.58. The summed E-state index contributed by atoms with van der Waals surface area (Å²) in [5, 5.41) is 0. The molecule has 0 unspecified atom stereocenters. The summed E-state index contributed by atoms with van der Waals surface area (Å²) in [5.74, 6) is -0.0139. The van der Waals surface area contributed by atoms with E-state index in [1.165, 1.54) is 26.4 Å². The number of hydrogen-bond donors (Lipinski definition) is 0. The minimum atomic E-state index is -0.862. The molecule has 0 spiro atoms. The molecular formula is C12H15FO3. The molecule has 1 rings (SSSR count). The number of ether oxygens (including phenoxy) is 2. The predicted molar refractivity (Wildman–Crippen MR) is 58.6 cm³/mol. The molecule has 16 heavy (non-hydrogen) atoms. The van der Waals surface area contributed by atoms with Gasteiger partial charge in [0.25, 0.3) is 0 Å². The first-order valence-electron chi connectivity index (χ1n) is 4.85. The van der Waals surface area contributed by atoms with Gasteiger partial charge in [-0.2, -0.15) is 0 Å². The highest BCUT2D eigenvalue weighted by Gasteiger charge is 2.30. The molecular weight excluding hydrogens is 211 g/mol. The molecule has 0 aliphatic rings. The van der Waals surface area contributed by atoms with Crippen LogP contribution in [0.3, 0.4) is 0 Å². The van der Waals surface area contributed by atoms with Crippen LogP contribution in [0.2, 0.25) is 0 Å². The van der Waals surface area contributed by atoms with Gasteiger partial charge in [-0.1, -0.05) is 0 Å². The van der Waals surface area contributed by atoms with E-state index in [1.807, 2.05) is 0 Å². The molecule has 0 aliphatic carbocycles. The van der Waals surface area contributed by atoms with Gasteiger partial charge in [0.05, 0.1) is 25.2 Å². The second-order valence-corrected chi connectivity index (χ2v) is 4.00. The van der Waals surface area contributed by atoms with Crippen molar-refractivity contribution in [3.05, 3.63) is 23.5 Å². The van der Waals surface area contributed by atoms with E-state index in [-0.39, 0.29) is 5.75 Å². The zero-order chi connectivity index (χ0) is 12.3. The van der Waals surface area contributed by atoms with E-state index in [2.05, 4.69) is 0 Å². The van der Waals surface area contributed by atoms with Gasteiger partial charge in [-0.25, -0.2) is 4.39 Å². The van der Waals surface area contributed by atoms with Crippen molar-refractivity contribution in [2.75, 3.05) is 14.2 Å². The number of aldehydes is 1. The lowest BCUT2D eigenvalue weighted by molar-refractivity contribution is -0.111. The lowest BCUT2D eigenvalue weighted by Gasteiger charge is -2.23. The quantitative estimate of drug-likeness (QED) is 0.739. The molecule has 0 atom stereocenters. The maximum absolute atomic E-state index is 13.5. The molecule has 0 heterocycles. The average molecular weight is 226 g/mol. The maximum Gasteiger partial charge on any atom is 0.165 e. The molecule has 3 nitrogen and oxygen atoms in total. The van der Waals surface area contributed by atoms with Crippen LogP contribution in [0.25, 0.3) is 0 Å². The second kappa shape index (κ2) is 4.51. The van der Waals surface area contributed by atoms with Crippen molar-refractivity contribution in [2.24, 2.45) is 0 Å². The maximum atomic E-state index is 13.5. The van der Waals surface area contributed by atoms with Gasteiger partial charge >= 0.3 is 0 Å². The third kappa shape index (κ3) is 2.01. The summed E-state index contributed by atoms with van der Waals surface area (Å²) in [6, 6.07) is 2.74. The van der Waals surface area contributed by atoms with E-state index in [0.717, 1.165) is 6.29 Å². The highest BCUT2D eigenvalue weighted by Crippen LogP contribution is 2.39. The Morgan fingerprint density at radius 1 is 1.25 bits per heavy atom. The summed E-state index contributed by atoms with van der Waals surface area (Å²) in [4.78, 5) is 11.0. The first kappa shape index (κ1) is 12.5. The lowest BCUT2D eigenvalue weighted by atomic mass is 9.84. The predicted octanol–water partition coefficient (Wildman–Crippen LogP) is 2.32. The molecule has 4 heteroatoms. The highest BCUT2D eigenvalue weighted by atomic mass is 19.1. The SMILES string of the molecule is COc1ccc(F)c(OC)c1C(C)(C)C=O. The normalized spacial score (nSPS) is 11.1. The van der Waals surface area contributed by atoms with Crippen molar-refractivity contribution >= 4 is 6.29 Å². The topological polar surface area (TPSA) is 35.5 Å². The van der Waals surface area contributed by atoms with Crippen LogP contribution in [-0.4, -0.2) is 20.5 Å². The summed E-state index contributed by atoms with van der Waals surface area (Å²) >= 11 is 0. The largest absolute Gasteiger partial charge is 0.496 e. The molecule has 88 valence electrons. The third-order valence-corrected chi connectivity index (χ3v) is 2.43. The molecule has 1 aromatic carbocycles. The fourth-order valence-corrected chi connectivity index (χ4v) is 1.58. The Hall–Kier alpha value is -1.58. The van der Waals surface area contributed by atoms with Crippen LogP contribution in [0.5, 0.6) is 11.5 Å². The van der Waals surface area contributed by atoms with E-state index in [4.69, 9.17) is 9.47 Å². The zero-order valence-electron chi connectivity index (χ0n) is 9.83. The van der Waals surface area contributed by atoms with E-state index in [0.29, 0.717) is 11.3 Å². The van der Waals surface area contributed by atoms with Gasteiger partial charge < -0.3 is 14.3 Å². The Kier molecular flexibility index (Phi) is 3.52. The van der Waals surface area contributed by atoms with Gasteiger partial charge in [-0.3, -0.25) is 0 Å². The fraction of sp³-hybridized carbons (Fsp3) is 0.417. The van der Waals surface area contributed by atoms with Crippen LogP contribution in [0.1, 0.15) is 19.4 Å². The summed E-state index contributed by atoms with van der Waals surface area (Å²) < 4.78 is 23.7. The Morgan fingerprint density at radius 3 is 2.31 bits per heavy atom. The van der Waals surface area contributed by atoms with Crippen LogP contribution >= 0.6 is 0 Å². The lowest BCUT2D eigenvalue weighted by Crippen LogP contribution is -2.21. The van der Waals surface area contributed by atoms with Crippen LogP contribution in [-0.2, 0) is 10.2 Å². The summed E-state index contributed by atoms with van der Waals surface area (Å²) in [5.41, 5.74) is -0.439. The minimum Gasteiger partial charge on any atom is -0.496 e. The van der Waals surface area contributed by atoms with Gasteiger partial charge in [0.15, 0.2) is 11.6 Å². The van der Waals surface area contributed by atoms with Gasteiger partial charge in [0.1, 0.15) is 12.0 Å². The Balaban J connectivity index is 3.54. The molecule has 0 saturated carbocycles. The Labute approximate surface area is 94.2 Å². The summed E-state index contributed by atoms with van der Waals surface area (Å²) in [6.45, 7) is 3.36. The third-order valence-electron chi connectivity index (χ3n) is 2.43. The average Bonchev–Trinajstić information content (AvgIpc) is 2.28. The molecule has 0 aromatic heterocycles. The monoisotopic (exact) mass is 226 g/mol. The molecule has 0 aliphatic heterocycles. The van der Waals surface area contributed by atoms with Gasteiger partial charge in [0, 0.05) is 0 Å². The molecule has 1 aromatic rings. The van der Waals surface area contributed by atoms with Crippen molar-refractivity contribution in [1.29, 1.82) is 0 Å². The molecule has 0 bridgehead atoms. The number of halogens is 1. The Bertz CT molecular complexity index is 399. The molecule has 0 saturated heterocycles. The van der Waals surface area contributed by atoms with Crippen molar-refractivity contribution in [3.8, 4) is 11.5 Å². The van der Waals surface area contributed by atoms with Gasteiger partial charge in [0.2, 0.25) is 0 Å². The number of methoxy groups -OCH3 is 2. The molecule has 0 amide bonds. The number of hydrogen-bond acceptors (Lipinski definition) is 3. The first-order chi connectivity index (χ1) is 7.47. The van der Waals surface area contributed by atoms with Crippen LogP contribution in [0, 0.1) is 5.82 Å². The molecule has 0 fully saturated rings. The van der Waals surface area contributed by atoms with E-state index in [1.54, 1.807) is 13.8 Å². The first-order valence-corrected chi connectivity index (χ1v) is 4.85. The van der Waals surface area contributed by atoms with E-state index >= 15 is 0 Å². The Morgan fingerprint density at radius 2 is 1.88 bits per heavy atom. The smallest absolute Gasteiger partial charge is 0.165 e. The number of carbonyl (C=O) groups excluding carboxylic acids is 1. The van der Waals surface area contributed by atoms with Crippen molar-refractivity contribution < 1.29 is 18.7 Å². The van der Waals surface area contributed by atoms with E-state index < -0.39 is 11.2 Å². The van der Waals surface area contributed by atoms with Crippen LogP contribution < -0.4 is 9.47 Å². The van der Waals surface area contributed by atoms with Crippen molar-refractivity contribution in [3.63, 3.8) is 0 Å². The van der Waals surface area contributed by atoms with Crippen molar-refractivity contribution in [1.82, 2.24) is 0 Å². The van der Waals surface area contributed by atoms with Crippen LogP contribution in [0.4, 0.5) is 4.39 Å². The highest BCUT2D eigenvalue weighted by molar-refractivity contribution is 5.72. The number of carbonyl (C=O) groups is 1. The minimum absolute atomic E-state index is 0.0523. The van der Waals surface area contributed by atoms with Gasteiger partial charge in [-0.15, -0.1) is 0 Å². The van der Waals surface area contributed by atoms with Gasteiger partial charge in [-0.05, 0) is 26.0 Å². The molecule has 0 N–H and O–H groups in total. The second-order valence-electron chi connectivity index (χ2n) is 4.00. The number of benzene rings is 1.